The summed E-state index contributed by atoms with van der Waals surface area (Å²) in [7, 11) is 0. The summed E-state index contributed by atoms with van der Waals surface area (Å²) in [4.78, 5) is 4.15. The van der Waals surface area contributed by atoms with Gasteiger partial charge in [0.25, 0.3) is 6.02 Å². The van der Waals surface area contributed by atoms with E-state index in [2.05, 4.69) is 10.3 Å². The first-order valence-electron chi connectivity index (χ1n) is 6.21. The van der Waals surface area contributed by atoms with Crippen LogP contribution in [0.25, 0.3) is 0 Å². The Balaban J connectivity index is 2.09. The zero-order valence-corrected chi connectivity index (χ0v) is 10.3. The minimum atomic E-state index is -1.81. The minimum absolute atomic E-state index is 0.247. The highest BCUT2D eigenvalue weighted by Gasteiger charge is 2.63. The summed E-state index contributed by atoms with van der Waals surface area (Å²) in [5.74, 6) is 0. The number of hydrogen-bond donors (Lipinski definition) is 5. The molecule has 1 heterocycles. The van der Waals surface area contributed by atoms with Crippen LogP contribution >= 0.6 is 0 Å². The van der Waals surface area contributed by atoms with E-state index in [1.54, 1.807) is 0 Å². The first-order valence-corrected chi connectivity index (χ1v) is 6.21. The molecule has 0 aromatic rings. The number of hydrogen-bond acceptors (Lipinski definition) is 6. The van der Waals surface area contributed by atoms with Crippen molar-refractivity contribution in [1.29, 1.82) is 0 Å². The number of nitrogens with one attached hydrogen (secondary N) is 1. The summed E-state index contributed by atoms with van der Waals surface area (Å²) in [6.07, 6.45) is -1.57. The number of aliphatic imine (C=N–C) groups is 1. The third-order valence-corrected chi connectivity index (χ3v) is 3.59. The van der Waals surface area contributed by atoms with E-state index in [0.717, 1.165) is 12.8 Å². The van der Waals surface area contributed by atoms with Crippen LogP contribution in [0.3, 0.4) is 0 Å². The predicted molar refractivity (Wildman–Crippen MR) is 63.1 cm³/mol. The van der Waals surface area contributed by atoms with Crippen LogP contribution in [-0.4, -0.2) is 69.6 Å². The zero-order valence-electron chi connectivity index (χ0n) is 10.3. The van der Waals surface area contributed by atoms with Crippen molar-refractivity contribution < 1.29 is 25.2 Å². The zero-order chi connectivity index (χ0) is 13.3. The van der Waals surface area contributed by atoms with Gasteiger partial charge in [0.15, 0.2) is 6.10 Å². The van der Waals surface area contributed by atoms with E-state index in [9.17, 15) is 20.4 Å². The monoisotopic (exact) mass is 260 g/mol. The molecule has 2 rings (SSSR count). The molecule has 1 saturated carbocycles. The van der Waals surface area contributed by atoms with Gasteiger partial charge in [-0.05, 0) is 6.42 Å². The van der Waals surface area contributed by atoms with Gasteiger partial charge >= 0.3 is 0 Å². The van der Waals surface area contributed by atoms with Gasteiger partial charge in [-0.2, -0.15) is 0 Å². The molecule has 0 aromatic carbocycles. The van der Waals surface area contributed by atoms with Gasteiger partial charge in [-0.25, -0.2) is 4.99 Å². The molecule has 0 radical (unpaired) electrons. The van der Waals surface area contributed by atoms with Crippen molar-refractivity contribution in [2.24, 2.45) is 4.99 Å². The van der Waals surface area contributed by atoms with E-state index in [-0.39, 0.29) is 6.02 Å². The van der Waals surface area contributed by atoms with Gasteiger partial charge in [-0.1, -0.05) is 13.3 Å². The average Bonchev–Trinajstić information content (AvgIpc) is 2.86. The lowest BCUT2D eigenvalue weighted by Gasteiger charge is -2.28. The Kier molecular flexibility index (Phi) is 3.76. The fourth-order valence-corrected chi connectivity index (χ4v) is 2.40. The third kappa shape index (κ3) is 1.97. The Morgan fingerprint density at radius 3 is 2.78 bits per heavy atom. The fraction of sp³-hybridized carbons (Fsp3) is 0.909. The number of nitrogens with zero attached hydrogens (tertiary/aromatic N) is 1. The molecule has 5 atom stereocenters. The minimum Gasteiger partial charge on any atom is -0.457 e. The molecule has 0 aromatic heterocycles. The van der Waals surface area contributed by atoms with Gasteiger partial charge in [-0.3, -0.25) is 0 Å². The largest absolute Gasteiger partial charge is 0.457 e. The smallest absolute Gasteiger partial charge is 0.285 e. The van der Waals surface area contributed by atoms with Crippen molar-refractivity contribution in [1.82, 2.24) is 5.32 Å². The number of ether oxygens (including phenoxy) is 1. The van der Waals surface area contributed by atoms with Crippen LogP contribution in [0.15, 0.2) is 4.99 Å². The van der Waals surface area contributed by atoms with Gasteiger partial charge in [-0.15, -0.1) is 0 Å². The highest BCUT2D eigenvalue weighted by atomic mass is 16.5. The Morgan fingerprint density at radius 2 is 2.17 bits per heavy atom. The number of aliphatic hydroxyl groups excluding tert-OH is 3. The highest BCUT2D eigenvalue weighted by Crippen LogP contribution is 2.35. The Hall–Kier alpha value is -0.890. The van der Waals surface area contributed by atoms with Gasteiger partial charge in [0.2, 0.25) is 0 Å². The first-order chi connectivity index (χ1) is 8.54. The van der Waals surface area contributed by atoms with Crippen LogP contribution in [-0.2, 0) is 4.74 Å². The average molecular weight is 260 g/mol. The molecule has 0 amide bonds. The van der Waals surface area contributed by atoms with E-state index < -0.39 is 36.6 Å². The van der Waals surface area contributed by atoms with Crippen LogP contribution in [0.4, 0.5) is 0 Å². The summed E-state index contributed by atoms with van der Waals surface area (Å²) in [6, 6.07) is -0.510. The first kappa shape index (κ1) is 13.5. The molecule has 1 aliphatic carbocycles. The SMILES string of the molecule is CCCCN=C1NC2C(O1)C(O)C(O)C2(O)CO. The van der Waals surface area contributed by atoms with E-state index in [4.69, 9.17) is 4.74 Å². The molecule has 7 heteroatoms. The maximum atomic E-state index is 10.1. The molecule has 2 fully saturated rings. The van der Waals surface area contributed by atoms with Crippen molar-refractivity contribution in [2.75, 3.05) is 13.2 Å². The number of rotatable bonds is 4. The van der Waals surface area contributed by atoms with E-state index in [1.807, 2.05) is 6.92 Å². The second-order valence-corrected chi connectivity index (χ2v) is 4.83. The molecule has 5 N–H and O–H groups in total. The van der Waals surface area contributed by atoms with Crippen LogP contribution in [0.5, 0.6) is 0 Å². The third-order valence-electron chi connectivity index (χ3n) is 3.59. The van der Waals surface area contributed by atoms with E-state index >= 15 is 0 Å². The Labute approximate surface area is 105 Å². The molecule has 1 aliphatic heterocycles. The van der Waals surface area contributed by atoms with Gasteiger partial charge in [0.1, 0.15) is 23.9 Å². The van der Waals surface area contributed by atoms with Crippen molar-refractivity contribution in [3.8, 4) is 0 Å². The fourth-order valence-electron chi connectivity index (χ4n) is 2.40. The van der Waals surface area contributed by atoms with Gasteiger partial charge in [0, 0.05) is 6.54 Å². The van der Waals surface area contributed by atoms with Crippen molar-refractivity contribution in [3.63, 3.8) is 0 Å². The summed E-state index contributed by atoms with van der Waals surface area (Å²) >= 11 is 0. The number of aliphatic hydroxyl groups is 4. The summed E-state index contributed by atoms with van der Waals surface area (Å²) in [5, 5.41) is 41.6. The maximum Gasteiger partial charge on any atom is 0.285 e. The van der Waals surface area contributed by atoms with Gasteiger partial charge in [0.05, 0.1) is 6.61 Å². The Bertz CT molecular complexity index is 337. The summed E-state index contributed by atoms with van der Waals surface area (Å²) in [6.45, 7) is 1.97. The molecule has 5 unspecified atom stereocenters. The lowest BCUT2D eigenvalue weighted by atomic mass is 9.96. The molecule has 2 aliphatic rings. The molecule has 18 heavy (non-hydrogen) atoms. The lowest BCUT2D eigenvalue weighted by molar-refractivity contribution is -0.119. The number of unbranched alkanes of at least 4 members (excludes halogenated alkanes) is 1. The molecule has 7 nitrogen and oxygen atoms in total. The highest BCUT2D eigenvalue weighted by molar-refractivity contribution is 5.77. The van der Waals surface area contributed by atoms with Crippen LogP contribution in [0, 0.1) is 0 Å². The molecular formula is C11H20N2O5. The quantitative estimate of drug-likeness (QED) is 0.372. The second kappa shape index (κ2) is 5.00. The molecular weight excluding hydrogens is 240 g/mol. The van der Waals surface area contributed by atoms with E-state index in [1.165, 1.54) is 0 Å². The van der Waals surface area contributed by atoms with Crippen LogP contribution < -0.4 is 5.32 Å². The predicted octanol–water partition coefficient (Wildman–Crippen LogP) is -2.04. The number of amidine groups is 1. The second-order valence-electron chi connectivity index (χ2n) is 4.83. The molecule has 1 saturated heterocycles. The lowest BCUT2D eigenvalue weighted by Crippen LogP contribution is -2.56. The Morgan fingerprint density at radius 1 is 1.44 bits per heavy atom. The van der Waals surface area contributed by atoms with Crippen molar-refractivity contribution in [3.05, 3.63) is 0 Å². The normalized spacial score (nSPS) is 44.8. The van der Waals surface area contributed by atoms with Gasteiger partial charge < -0.3 is 30.5 Å². The topological polar surface area (TPSA) is 115 Å². The van der Waals surface area contributed by atoms with Crippen molar-refractivity contribution in [2.45, 2.75) is 49.7 Å². The molecule has 104 valence electrons. The van der Waals surface area contributed by atoms with Crippen LogP contribution in [0.1, 0.15) is 19.8 Å². The maximum absolute atomic E-state index is 10.1. The van der Waals surface area contributed by atoms with Crippen molar-refractivity contribution >= 4 is 6.02 Å². The summed E-state index contributed by atoms with van der Waals surface area (Å²) < 4.78 is 5.37. The van der Waals surface area contributed by atoms with E-state index in [0.29, 0.717) is 6.54 Å². The molecule has 0 spiro atoms. The van der Waals surface area contributed by atoms with Crippen LogP contribution in [0.2, 0.25) is 0 Å². The number of fused-ring (bicyclic) bond motifs is 1. The summed E-state index contributed by atoms with van der Waals surface area (Å²) in [5.41, 5.74) is -1.81. The standard InChI is InChI=1S/C11H20N2O5/c1-2-3-4-12-10-13-8-7(18-10)6(15)9(16)11(8,17)5-14/h6-9,14-17H,2-5H2,1H3,(H,12,13). The molecule has 0 bridgehead atoms.